The van der Waals surface area contributed by atoms with Gasteiger partial charge in [0.1, 0.15) is 23.0 Å². The summed E-state index contributed by atoms with van der Waals surface area (Å²) in [7, 11) is 0. The first-order valence-corrected chi connectivity index (χ1v) is 11.8. The van der Waals surface area contributed by atoms with E-state index in [0.717, 1.165) is 26.0 Å². The van der Waals surface area contributed by atoms with Gasteiger partial charge in [-0.15, -0.1) is 0 Å². The zero-order valence-corrected chi connectivity index (χ0v) is 24.0. The Hall–Kier alpha value is -5.15. The summed E-state index contributed by atoms with van der Waals surface area (Å²) in [5.41, 5.74) is 4.44. The largest absolute Gasteiger partial charge is 2.00 e. The third kappa shape index (κ3) is 10.0. The molecule has 0 bridgehead atoms. The molecule has 2 N–H and O–H groups in total. The van der Waals surface area contributed by atoms with Gasteiger partial charge in [-0.2, -0.15) is 11.0 Å². The smallest absolute Gasteiger partial charge is 0.871 e. The number of benzene rings is 2. The van der Waals surface area contributed by atoms with Crippen LogP contribution >= 0.6 is 0 Å². The molecule has 0 atom stereocenters. The number of hydrogen-bond acceptors (Lipinski definition) is 10. The summed E-state index contributed by atoms with van der Waals surface area (Å²) in [5.74, 6) is -5.54. The second-order valence-electron chi connectivity index (χ2n) is 8.21. The number of carbonyl (C=O) groups excluding carboxylic acids is 4. The summed E-state index contributed by atoms with van der Waals surface area (Å²) < 4.78 is 26.3. The molecule has 4 rings (SSSR count). The summed E-state index contributed by atoms with van der Waals surface area (Å²) >= 11 is 0. The van der Waals surface area contributed by atoms with Crippen molar-refractivity contribution in [3.63, 3.8) is 0 Å². The number of aromatic nitrogens is 2. The monoisotopic (exact) mass is 602 g/mol. The summed E-state index contributed by atoms with van der Waals surface area (Å²) in [6.07, 6.45) is 2.53. The molecule has 2 aromatic heterocycles. The molecule has 0 aliphatic heterocycles. The van der Waals surface area contributed by atoms with Crippen molar-refractivity contribution >= 4 is 46.8 Å². The van der Waals surface area contributed by atoms with Crippen molar-refractivity contribution in [2.75, 3.05) is 0 Å². The van der Waals surface area contributed by atoms with Crippen molar-refractivity contribution in [1.29, 1.82) is 0 Å². The molecule has 43 heavy (non-hydrogen) atoms. The van der Waals surface area contributed by atoms with Gasteiger partial charge in [0.05, 0.1) is 0 Å². The van der Waals surface area contributed by atoms with Crippen LogP contribution in [0, 0.1) is 11.6 Å². The topological polar surface area (TPSA) is 183 Å². The van der Waals surface area contributed by atoms with Gasteiger partial charge in [-0.05, 0) is 46.5 Å². The third-order valence-corrected chi connectivity index (χ3v) is 5.03. The quantitative estimate of drug-likeness (QED) is 0.259. The minimum atomic E-state index is -0.930. The van der Waals surface area contributed by atoms with E-state index in [0.29, 0.717) is 22.3 Å². The van der Waals surface area contributed by atoms with Gasteiger partial charge in [-0.25, -0.2) is 8.78 Å². The van der Waals surface area contributed by atoms with Gasteiger partial charge in [0, 0.05) is 26.2 Å². The van der Waals surface area contributed by atoms with Crippen molar-refractivity contribution in [3.05, 3.63) is 96.1 Å². The molecule has 0 saturated carbocycles. The number of amides is 2. The van der Waals surface area contributed by atoms with Crippen LogP contribution in [-0.2, 0) is 19.3 Å². The zero-order chi connectivity index (χ0) is 30.8. The second kappa shape index (κ2) is 15.7. The molecule has 0 aliphatic rings. The Kier molecular flexibility index (Phi) is 12.5. The minimum absolute atomic E-state index is 0. The number of halogens is 2. The number of nitrogens with one attached hydrogen (secondary N) is 2. The van der Waals surface area contributed by atoms with Crippen LogP contribution < -0.4 is 21.2 Å². The van der Waals surface area contributed by atoms with Crippen molar-refractivity contribution in [1.82, 2.24) is 20.9 Å². The fraction of sp³-hybridized carbons (Fsp3) is 0.0714. The minimum Gasteiger partial charge on any atom is -0.871 e. The maximum Gasteiger partial charge on any atom is 2.00 e. The molecule has 4 aromatic rings. The number of carbonyl (C=O) groups is 4. The van der Waals surface area contributed by atoms with E-state index in [4.69, 9.17) is 0 Å². The molecule has 0 saturated heterocycles. The molecule has 0 spiro atoms. The zero-order valence-electron chi connectivity index (χ0n) is 22.6. The second-order valence-corrected chi connectivity index (χ2v) is 8.21. The molecular formula is C28H20F2MgN4O8. The molecule has 0 radical (unpaired) electrons. The van der Waals surface area contributed by atoms with E-state index in [2.05, 4.69) is 19.6 Å². The standard InChI is InChI=1S/2C14H11FN2O4.Mg/c2*1-8(18)21-17-14(20)13-12(19)6-10(7-16-13)9-3-2-4-11(15)5-9;/h2*2-7,19H,1H3,(H,17,20);/q;;+2/p-2. The fourth-order valence-electron chi connectivity index (χ4n) is 3.22. The molecule has 12 nitrogen and oxygen atoms in total. The van der Waals surface area contributed by atoms with Gasteiger partial charge in [0.15, 0.2) is 0 Å². The Balaban J connectivity index is 0.000000293. The maximum atomic E-state index is 13.1. The van der Waals surface area contributed by atoms with E-state index in [-0.39, 0.29) is 23.1 Å². The molecule has 15 heteroatoms. The first-order chi connectivity index (χ1) is 19.9. The Morgan fingerprint density at radius 2 is 1.02 bits per heavy atom. The summed E-state index contributed by atoms with van der Waals surface area (Å²) in [6.45, 7) is 2.19. The third-order valence-electron chi connectivity index (χ3n) is 5.03. The molecule has 2 aromatic carbocycles. The fourth-order valence-corrected chi connectivity index (χ4v) is 3.22. The van der Waals surface area contributed by atoms with Gasteiger partial charge in [0.25, 0.3) is 0 Å². The van der Waals surface area contributed by atoms with Crippen LogP contribution in [0.15, 0.2) is 73.1 Å². The van der Waals surface area contributed by atoms with Crippen molar-refractivity contribution in [3.8, 4) is 33.8 Å². The van der Waals surface area contributed by atoms with E-state index in [1.807, 2.05) is 0 Å². The average molecular weight is 603 g/mol. The number of rotatable bonds is 4. The molecule has 0 unspecified atom stereocenters. The van der Waals surface area contributed by atoms with Crippen molar-refractivity contribution in [2.24, 2.45) is 0 Å². The van der Waals surface area contributed by atoms with E-state index >= 15 is 0 Å². The molecule has 2 heterocycles. The van der Waals surface area contributed by atoms with Crippen LogP contribution in [0.25, 0.3) is 22.3 Å². The summed E-state index contributed by atoms with van der Waals surface area (Å²) in [5, 5.41) is 23.7. The van der Waals surface area contributed by atoms with Crippen LogP contribution in [0.2, 0.25) is 0 Å². The van der Waals surface area contributed by atoms with Gasteiger partial charge in [-0.1, -0.05) is 47.9 Å². The summed E-state index contributed by atoms with van der Waals surface area (Å²) in [6, 6.07) is 13.6. The van der Waals surface area contributed by atoms with Crippen LogP contribution in [0.4, 0.5) is 8.78 Å². The van der Waals surface area contributed by atoms with E-state index in [1.165, 1.54) is 48.8 Å². The first kappa shape index (κ1) is 34.0. The van der Waals surface area contributed by atoms with Crippen LogP contribution in [0.3, 0.4) is 0 Å². The Labute approximate surface area is 258 Å². The van der Waals surface area contributed by atoms with Gasteiger partial charge >= 0.3 is 46.8 Å². The Bertz CT molecular complexity index is 1530. The molecular weight excluding hydrogens is 583 g/mol. The normalized spacial score (nSPS) is 9.77. The van der Waals surface area contributed by atoms with Crippen LogP contribution in [0.5, 0.6) is 11.5 Å². The number of nitrogens with zero attached hydrogens (tertiary/aromatic N) is 2. The maximum absolute atomic E-state index is 13.1. The first-order valence-electron chi connectivity index (χ1n) is 11.8. The molecule has 216 valence electrons. The van der Waals surface area contributed by atoms with Crippen LogP contribution in [-0.4, -0.2) is 56.8 Å². The van der Waals surface area contributed by atoms with E-state index in [1.54, 1.807) is 23.1 Å². The number of hydrogen-bond donors (Lipinski definition) is 2. The molecule has 2 amide bonds. The van der Waals surface area contributed by atoms with E-state index < -0.39 is 58.3 Å². The van der Waals surface area contributed by atoms with Gasteiger partial charge in [-0.3, -0.25) is 29.1 Å². The Morgan fingerprint density at radius 1 is 0.651 bits per heavy atom. The van der Waals surface area contributed by atoms with Gasteiger partial charge in [0.2, 0.25) is 0 Å². The van der Waals surface area contributed by atoms with Crippen molar-refractivity contribution < 1.29 is 47.8 Å². The Morgan fingerprint density at radius 3 is 1.33 bits per heavy atom. The molecule has 0 aliphatic carbocycles. The van der Waals surface area contributed by atoms with E-state index in [9.17, 15) is 38.2 Å². The summed E-state index contributed by atoms with van der Waals surface area (Å²) in [4.78, 5) is 60.3. The van der Waals surface area contributed by atoms with Gasteiger partial charge < -0.3 is 19.9 Å². The SMILES string of the molecule is CC(=O)ONC(=O)c1ncc(-c2cccc(F)c2)cc1[O-].CC(=O)ONC(=O)c1ncc(-c2cccc(F)c2)cc1[O-].[Mg+2]. The van der Waals surface area contributed by atoms with Crippen LogP contribution in [0.1, 0.15) is 34.8 Å². The average Bonchev–Trinajstić information content (AvgIpc) is 2.95. The van der Waals surface area contributed by atoms with Crippen molar-refractivity contribution in [2.45, 2.75) is 13.8 Å². The molecule has 0 fully saturated rings. The predicted molar refractivity (Wildman–Crippen MR) is 142 cm³/mol. The number of pyridine rings is 2. The predicted octanol–water partition coefficient (Wildman–Crippen LogP) is 1.96. The number of hydroxylamine groups is 2.